The Morgan fingerprint density at radius 1 is 1.12 bits per heavy atom. The fourth-order valence-corrected chi connectivity index (χ4v) is 6.79. The fourth-order valence-electron chi connectivity index (χ4n) is 5.56. The van der Waals surface area contributed by atoms with Crippen LogP contribution in [0.25, 0.3) is 0 Å². The summed E-state index contributed by atoms with van der Waals surface area (Å²) in [5, 5.41) is 6.16. The Morgan fingerprint density at radius 2 is 1.93 bits per heavy atom. The highest BCUT2D eigenvalue weighted by Gasteiger charge is 2.48. The number of nitrogens with zero attached hydrogens (tertiary/aromatic N) is 3. The molecule has 2 aromatic carbocycles. The molecule has 41 heavy (non-hydrogen) atoms. The normalized spacial score (nSPS) is 22.6. The molecule has 3 aromatic rings. The Morgan fingerprint density at radius 3 is 2.66 bits per heavy atom. The van der Waals surface area contributed by atoms with Gasteiger partial charge in [0, 0.05) is 32.0 Å². The van der Waals surface area contributed by atoms with Crippen molar-refractivity contribution in [2.45, 2.75) is 35.4 Å². The number of amides is 4. The lowest BCUT2D eigenvalue weighted by atomic mass is 9.99. The third-order valence-corrected chi connectivity index (χ3v) is 8.82. The summed E-state index contributed by atoms with van der Waals surface area (Å²) in [5.41, 5.74) is 3.04. The van der Waals surface area contributed by atoms with Gasteiger partial charge in [-0.3, -0.25) is 14.5 Å². The first-order chi connectivity index (χ1) is 19.9. The lowest BCUT2D eigenvalue weighted by molar-refractivity contribution is -0.126. The maximum absolute atomic E-state index is 13.6. The molecule has 4 heterocycles. The fraction of sp³-hybridized carbons (Fsp3) is 0.267. The minimum Gasteiger partial charge on any atom is -0.457 e. The maximum atomic E-state index is 13.6. The Labute approximate surface area is 241 Å². The molecule has 0 bridgehead atoms. The van der Waals surface area contributed by atoms with E-state index in [1.165, 1.54) is 17.8 Å². The van der Waals surface area contributed by atoms with E-state index in [0.29, 0.717) is 35.2 Å². The van der Waals surface area contributed by atoms with E-state index < -0.39 is 11.3 Å². The molecule has 3 aliphatic heterocycles. The molecule has 2 unspecified atom stereocenters. The number of para-hydroxylation sites is 1. The molecular weight excluding hydrogens is 542 g/mol. The van der Waals surface area contributed by atoms with Gasteiger partial charge in [-0.05, 0) is 55.0 Å². The standard InChI is InChI=1S/C30H29N5O5S/c1-4-24(36)34-15-20(23(16-34)39-3)32-28(37)27-26-25-22(12-13-31-29(25)41-27)35(30(38)33-26)21-11-10-19(14-17(21)2)40-18-8-6-5-7-9-18/h4-14,20,23,26-27H,1,15-16H2,2-3H3,(H,32,37)(H,33,38)/t20-,23+,26?,27?/m0/s1. The number of nitrogens with one attached hydrogen (secondary N) is 2. The molecule has 0 radical (unpaired) electrons. The number of hydrogen-bond donors (Lipinski definition) is 2. The highest BCUT2D eigenvalue weighted by Crippen LogP contribution is 2.51. The van der Waals surface area contributed by atoms with Gasteiger partial charge in [0.1, 0.15) is 21.8 Å². The van der Waals surface area contributed by atoms with Crippen molar-refractivity contribution in [3.8, 4) is 11.5 Å². The first-order valence-corrected chi connectivity index (χ1v) is 14.1. The van der Waals surface area contributed by atoms with Gasteiger partial charge in [-0.25, -0.2) is 9.78 Å². The van der Waals surface area contributed by atoms with Crippen molar-refractivity contribution in [2.75, 3.05) is 25.1 Å². The number of benzene rings is 2. The minimum atomic E-state index is -0.630. The van der Waals surface area contributed by atoms with Crippen LogP contribution >= 0.6 is 11.8 Å². The summed E-state index contributed by atoms with van der Waals surface area (Å²) >= 11 is 1.32. The van der Waals surface area contributed by atoms with Gasteiger partial charge in [0.15, 0.2) is 0 Å². The van der Waals surface area contributed by atoms with Crippen molar-refractivity contribution in [1.29, 1.82) is 0 Å². The molecule has 6 rings (SSSR count). The van der Waals surface area contributed by atoms with Gasteiger partial charge < -0.3 is 25.0 Å². The van der Waals surface area contributed by atoms with Gasteiger partial charge in [0.25, 0.3) is 0 Å². The number of carbonyl (C=O) groups is 3. The number of aryl methyl sites for hydroxylation is 1. The van der Waals surface area contributed by atoms with Gasteiger partial charge in [0.05, 0.1) is 29.6 Å². The van der Waals surface area contributed by atoms with E-state index in [1.54, 1.807) is 29.2 Å². The lowest BCUT2D eigenvalue weighted by Gasteiger charge is -2.35. The molecule has 210 valence electrons. The van der Waals surface area contributed by atoms with Crippen LogP contribution < -0.4 is 20.3 Å². The van der Waals surface area contributed by atoms with Crippen molar-refractivity contribution in [3.05, 3.63) is 84.6 Å². The van der Waals surface area contributed by atoms with Crippen LogP contribution in [0.1, 0.15) is 17.2 Å². The van der Waals surface area contributed by atoms with E-state index in [1.807, 2.05) is 55.5 Å². The number of methoxy groups -OCH3 is 1. The van der Waals surface area contributed by atoms with Crippen LogP contribution in [0.2, 0.25) is 0 Å². The number of hydrogen-bond acceptors (Lipinski definition) is 7. The number of likely N-dealkylation sites (tertiary alicyclic amines) is 1. The molecule has 1 fully saturated rings. The Kier molecular flexibility index (Phi) is 7.14. The molecular formula is C30H29N5O5S. The van der Waals surface area contributed by atoms with Crippen molar-refractivity contribution < 1.29 is 23.9 Å². The summed E-state index contributed by atoms with van der Waals surface area (Å²) in [6, 6.07) is 15.6. The summed E-state index contributed by atoms with van der Waals surface area (Å²) < 4.78 is 11.5. The van der Waals surface area contributed by atoms with Crippen molar-refractivity contribution >= 4 is 41.0 Å². The number of aromatic nitrogens is 1. The van der Waals surface area contributed by atoms with Crippen LogP contribution in [0, 0.1) is 6.92 Å². The van der Waals surface area contributed by atoms with Crippen molar-refractivity contribution in [2.24, 2.45) is 0 Å². The van der Waals surface area contributed by atoms with Gasteiger partial charge in [-0.15, -0.1) is 0 Å². The largest absolute Gasteiger partial charge is 0.457 e. The average Bonchev–Trinajstić information content (AvgIpc) is 3.56. The van der Waals surface area contributed by atoms with Gasteiger partial charge >= 0.3 is 6.03 Å². The molecule has 11 heteroatoms. The number of urea groups is 1. The second-order valence-corrected chi connectivity index (χ2v) is 11.2. The smallest absolute Gasteiger partial charge is 0.327 e. The SMILES string of the molecule is C=CC(=O)N1C[C@H](NC(=O)C2Sc3nccc4c3C2NC(=O)N4c2ccc(Oc3ccccc3)cc2C)[C@H](OC)C1. The number of ether oxygens (including phenoxy) is 2. The zero-order valence-corrected chi connectivity index (χ0v) is 23.4. The summed E-state index contributed by atoms with van der Waals surface area (Å²) in [4.78, 5) is 47.0. The predicted molar refractivity (Wildman–Crippen MR) is 154 cm³/mol. The molecule has 4 atom stereocenters. The Balaban J connectivity index is 1.24. The molecule has 10 nitrogen and oxygen atoms in total. The second-order valence-electron chi connectivity index (χ2n) is 10.0. The highest BCUT2D eigenvalue weighted by atomic mass is 32.2. The van der Waals surface area contributed by atoms with E-state index in [9.17, 15) is 14.4 Å². The third-order valence-electron chi connectivity index (χ3n) is 7.54. The predicted octanol–water partition coefficient (Wildman–Crippen LogP) is 4.09. The van der Waals surface area contributed by atoms with Crippen LogP contribution in [0.4, 0.5) is 16.2 Å². The number of thioether (sulfide) groups is 1. The third kappa shape index (κ3) is 4.91. The maximum Gasteiger partial charge on any atom is 0.327 e. The van der Waals surface area contributed by atoms with Gasteiger partial charge in [0.2, 0.25) is 11.8 Å². The monoisotopic (exact) mass is 571 g/mol. The van der Waals surface area contributed by atoms with E-state index in [-0.39, 0.29) is 30.0 Å². The van der Waals surface area contributed by atoms with Crippen LogP contribution in [0.3, 0.4) is 0 Å². The molecule has 1 saturated heterocycles. The number of carbonyl (C=O) groups excluding carboxylic acids is 3. The van der Waals surface area contributed by atoms with Crippen molar-refractivity contribution in [1.82, 2.24) is 20.5 Å². The van der Waals surface area contributed by atoms with E-state index in [2.05, 4.69) is 22.2 Å². The summed E-state index contributed by atoms with van der Waals surface area (Å²) in [7, 11) is 1.56. The zero-order valence-electron chi connectivity index (χ0n) is 22.6. The van der Waals surface area contributed by atoms with Crippen LogP contribution in [-0.2, 0) is 14.3 Å². The zero-order chi connectivity index (χ0) is 28.7. The molecule has 4 amide bonds. The number of pyridine rings is 1. The summed E-state index contributed by atoms with van der Waals surface area (Å²) in [6.45, 7) is 6.15. The first kappa shape index (κ1) is 26.9. The number of anilines is 2. The van der Waals surface area contributed by atoms with Gasteiger partial charge in [-0.2, -0.15) is 0 Å². The summed E-state index contributed by atoms with van der Waals surface area (Å²) in [6.07, 6.45) is 2.56. The van der Waals surface area contributed by atoms with Crippen molar-refractivity contribution in [3.63, 3.8) is 0 Å². The van der Waals surface area contributed by atoms with E-state index in [4.69, 9.17) is 9.47 Å². The average molecular weight is 572 g/mol. The number of rotatable bonds is 7. The molecule has 2 N–H and O–H groups in total. The lowest BCUT2D eigenvalue weighted by Crippen LogP contribution is -2.52. The van der Waals surface area contributed by atoms with Crippen LogP contribution in [0.5, 0.6) is 11.5 Å². The molecule has 0 aliphatic carbocycles. The van der Waals surface area contributed by atoms with Gasteiger partial charge in [-0.1, -0.05) is 36.5 Å². The molecule has 3 aliphatic rings. The summed E-state index contributed by atoms with van der Waals surface area (Å²) in [5.74, 6) is 0.918. The Bertz CT molecular complexity index is 1530. The minimum absolute atomic E-state index is 0.213. The Hall–Kier alpha value is -4.35. The quantitative estimate of drug-likeness (QED) is 0.411. The van der Waals surface area contributed by atoms with Crippen LogP contribution in [0.15, 0.2) is 78.5 Å². The van der Waals surface area contributed by atoms with E-state index in [0.717, 1.165) is 16.9 Å². The van der Waals surface area contributed by atoms with E-state index >= 15 is 0 Å². The second kappa shape index (κ2) is 10.9. The van der Waals surface area contributed by atoms with Crippen LogP contribution in [-0.4, -0.2) is 65.3 Å². The highest BCUT2D eigenvalue weighted by molar-refractivity contribution is 8.01. The molecule has 0 spiro atoms. The molecule has 1 aromatic heterocycles. The molecule has 0 saturated carbocycles. The topological polar surface area (TPSA) is 113 Å². The first-order valence-electron chi connectivity index (χ1n) is 13.2.